The first kappa shape index (κ1) is 10.3. The lowest BCUT2D eigenvalue weighted by atomic mass is 10.1. The number of aryl methyl sites for hydroxylation is 1. The van der Waals surface area contributed by atoms with E-state index >= 15 is 0 Å². The number of hydrogen-bond acceptors (Lipinski definition) is 2. The number of nitrogens with zero attached hydrogens (tertiary/aromatic N) is 1. The zero-order chi connectivity index (χ0) is 9.68. The number of imidazole rings is 1. The van der Waals surface area contributed by atoms with E-state index in [1.165, 1.54) is 5.69 Å². The summed E-state index contributed by atoms with van der Waals surface area (Å²) in [7, 11) is 0. The molecule has 0 saturated carbocycles. The Morgan fingerprint density at radius 3 is 2.85 bits per heavy atom. The van der Waals surface area contributed by atoms with Crippen molar-refractivity contribution in [3.05, 3.63) is 17.7 Å². The molecule has 0 bridgehead atoms. The summed E-state index contributed by atoms with van der Waals surface area (Å²) < 4.78 is 0. The first-order valence-electron chi connectivity index (χ1n) is 5.05. The van der Waals surface area contributed by atoms with Gasteiger partial charge < -0.3 is 10.7 Å². The van der Waals surface area contributed by atoms with Crippen LogP contribution in [-0.2, 0) is 6.42 Å². The molecule has 1 aromatic rings. The predicted molar refractivity (Wildman–Crippen MR) is 54.7 cm³/mol. The summed E-state index contributed by atoms with van der Waals surface area (Å²) in [5.74, 6) is 1.44. The van der Waals surface area contributed by atoms with Gasteiger partial charge in [-0.15, -0.1) is 0 Å². The van der Waals surface area contributed by atoms with Crippen LogP contribution in [0.1, 0.15) is 44.1 Å². The molecule has 1 atom stereocenters. The molecule has 0 aliphatic heterocycles. The minimum atomic E-state index is 0.394. The minimum Gasteiger partial charge on any atom is -0.346 e. The van der Waals surface area contributed by atoms with Gasteiger partial charge in [0.05, 0.1) is 0 Å². The highest BCUT2D eigenvalue weighted by molar-refractivity contribution is 5.05. The molecule has 0 aliphatic rings. The topological polar surface area (TPSA) is 54.7 Å². The van der Waals surface area contributed by atoms with Crippen molar-refractivity contribution >= 4 is 0 Å². The van der Waals surface area contributed by atoms with Gasteiger partial charge >= 0.3 is 0 Å². The van der Waals surface area contributed by atoms with Crippen LogP contribution in [-0.4, -0.2) is 16.5 Å². The number of nitrogens with two attached hydrogens (primary N) is 1. The maximum atomic E-state index is 5.64. The minimum absolute atomic E-state index is 0.394. The van der Waals surface area contributed by atoms with E-state index in [-0.39, 0.29) is 0 Å². The molecular formula is C10H19N3. The summed E-state index contributed by atoms with van der Waals surface area (Å²) in [6, 6.07) is 0. The molecule has 0 radical (unpaired) electrons. The lowest BCUT2D eigenvalue weighted by molar-refractivity contribution is 0.636. The van der Waals surface area contributed by atoms with E-state index in [0.717, 1.165) is 25.1 Å². The third kappa shape index (κ3) is 2.56. The molecule has 74 valence electrons. The fourth-order valence-corrected chi connectivity index (χ4v) is 1.45. The second-order valence-corrected chi connectivity index (χ2v) is 3.38. The van der Waals surface area contributed by atoms with Crippen molar-refractivity contribution < 1.29 is 0 Å². The number of rotatable bonds is 5. The van der Waals surface area contributed by atoms with Crippen LogP contribution in [0.25, 0.3) is 0 Å². The van der Waals surface area contributed by atoms with Gasteiger partial charge in [-0.1, -0.05) is 20.3 Å². The summed E-state index contributed by atoms with van der Waals surface area (Å²) in [5, 5.41) is 0. The average molecular weight is 181 g/mol. The smallest absolute Gasteiger partial charge is 0.110 e. The largest absolute Gasteiger partial charge is 0.346 e. The Bertz CT molecular complexity index is 238. The molecular weight excluding hydrogens is 162 g/mol. The lowest BCUT2D eigenvalue weighted by Crippen LogP contribution is -2.12. The summed E-state index contributed by atoms with van der Waals surface area (Å²) in [4.78, 5) is 7.67. The van der Waals surface area contributed by atoms with E-state index in [2.05, 4.69) is 23.8 Å². The molecule has 0 aromatic carbocycles. The van der Waals surface area contributed by atoms with Crippen LogP contribution < -0.4 is 5.73 Å². The molecule has 1 heterocycles. The quantitative estimate of drug-likeness (QED) is 0.728. The normalized spacial score (nSPS) is 13.2. The monoisotopic (exact) mass is 181 g/mol. The van der Waals surface area contributed by atoms with E-state index in [4.69, 9.17) is 5.73 Å². The zero-order valence-electron chi connectivity index (χ0n) is 8.51. The van der Waals surface area contributed by atoms with Crippen LogP contribution in [0, 0.1) is 0 Å². The van der Waals surface area contributed by atoms with Crippen molar-refractivity contribution in [2.24, 2.45) is 5.73 Å². The van der Waals surface area contributed by atoms with Crippen LogP contribution in [0.4, 0.5) is 0 Å². The third-order valence-corrected chi connectivity index (χ3v) is 2.33. The van der Waals surface area contributed by atoms with E-state index < -0.39 is 0 Å². The Hall–Kier alpha value is -0.830. The van der Waals surface area contributed by atoms with Crippen LogP contribution in [0.15, 0.2) is 6.20 Å². The molecule has 3 heteroatoms. The molecule has 0 aliphatic carbocycles. The van der Waals surface area contributed by atoms with Gasteiger partial charge in [-0.2, -0.15) is 0 Å². The number of H-pyrrole nitrogens is 1. The number of aromatic amines is 1. The number of aromatic nitrogens is 2. The molecule has 3 nitrogen and oxygen atoms in total. The molecule has 0 saturated heterocycles. The Morgan fingerprint density at radius 1 is 1.54 bits per heavy atom. The standard InChI is InChI=1S/C10H19N3/c1-3-5-9-7-12-10(13-9)8(4-2)6-11/h7-8H,3-6,11H2,1-2H3,(H,12,13). The fourth-order valence-electron chi connectivity index (χ4n) is 1.45. The molecule has 0 fully saturated rings. The van der Waals surface area contributed by atoms with Gasteiger partial charge in [-0.3, -0.25) is 0 Å². The van der Waals surface area contributed by atoms with Crippen molar-refractivity contribution in [3.8, 4) is 0 Å². The first-order valence-corrected chi connectivity index (χ1v) is 5.05. The number of hydrogen-bond donors (Lipinski definition) is 2. The van der Waals surface area contributed by atoms with Crippen molar-refractivity contribution in [2.45, 2.75) is 39.0 Å². The molecule has 1 unspecified atom stereocenters. The Balaban J connectivity index is 2.66. The molecule has 0 amide bonds. The third-order valence-electron chi connectivity index (χ3n) is 2.33. The van der Waals surface area contributed by atoms with Gasteiger partial charge in [0.25, 0.3) is 0 Å². The van der Waals surface area contributed by atoms with Gasteiger partial charge in [0, 0.05) is 24.4 Å². The van der Waals surface area contributed by atoms with Crippen molar-refractivity contribution in [1.29, 1.82) is 0 Å². The molecule has 0 spiro atoms. The highest BCUT2D eigenvalue weighted by atomic mass is 14.9. The SMILES string of the molecule is CCCc1cnc(C(CC)CN)[nH]1. The highest BCUT2D eigenvalue weighted by Crippen LogP contribution is 2.14. The Kier molecular flexibility index (Phi) is 3.96. The van der Waals surface area contributed by atoms with Gasteiger partial charge in [-0.05, 0) is 12.8 Å². The van der Waals surface area contributed by atoms with Crippen molar-refractivity contribution in [1.82, 2.24) is 9.97 Å². The second-order valence-electron chi connectivity index (χ2n) is 3.38. The Morgan fingerprint density at radius 2 is 2.31 bits per heavy atom. The molecule has 13 heavy (non-hydrogen) atoms. The van der Waals surface area contributed by atoms with Crippen LogP contribution >= 0.6 is 0 Å². The van der Waals surface area contributed by atoms with Crippen LogP contribution in [0.2, 0.25) is 0 Å². The lowest BCUT2D eigenvalue weighted by Gasteiger charge is -2.07. The zero-order valence-corrected chi connectivity index (χ0v) is 8.51. The molecule has 3 N–H and O–H groups in total. The van der Waals surface area contributed by atoms with Gasteiger partial charge in [0.15, 0.2) is 0 Å². The highest BCUT2D eigenvalue weighted by Gasteiger charge is 2.10. The summed E-state index contributed by atoms with van der Waals surface area (Å²) in [6.45, 7) is 4.98. The van der Waals surface area contributed by atoms with Crippen molar-refractivity contribution in [3.63, 3.8) is 0 Å². The van der Waals surface area contributed by atoms with Crippen LogP contribution in [0.5, 0.6) is 0 Å². The number of nitrogens with one attached hydrogen (secondary N) is 1. The maximum Gasteiger partial charge on any atom is 0.110 e. The van der Waals surface area contributed by atoms with Gasteiger partial charge in [0.2, 0.25) is 0 Å². The van der Waals surface area contributed by atoms with Crippen LogP contribution in [0.3, 0.4) is 0 Å². The van der Waals surface area contributed by atoms with Gasteiger partial charge in [-0.25, -0.2) is 4.98 Å². The summed E-state index contributed by atoms with van der Waals surface area (Å²) >= 11 is 0. The molecule has 1 rings (SSSR count). The predicted octanol–water partition coefficient (Wildman–Crippen LogP) is 1.81. The van der Waals surface area contributed by atoms with E-state index in [9.17, 15) is 0 Å². The maximum absolute atomic E-state index is 5.64. The fraction of sp³-hybridized carbons (Fsp3) is 0.700. The first-order chi connectivity index (χ1) is 6.31. The average Bonchev–Trinajstić information content (AvgIpc) is 2.56. The summed E-state index contributed by atoms with van der Waals surface area (Å²) in [5.41, 5.74) is 6.86. The van der Waals surface area contributed by atoms with E-state index in [1.54, 1.807) is 0 Å². The van der Waals surface area contributed by atoms with E-state index in [1.807, 2.05) is 6.20 Å². The molecule has 1 aromatic heterocycles. The van der Waals surface area contributed by atoms with Crippen molar-refractivity contribution in [2.75, 3.05) is 6.54 Å². The summed E-state index contributed by atoms with van der Waals surface area (Å²) in [6.07, 6.45) is 5.21. The second kappa shape index (κ2) is 5.02. The van der Waals surface area contributed by atoms with Gasteiger partial charge in [0.1, 0.15) is 5.82 Å². The van der Waals surface area contributed by atoms with E-state index in [0.29, 0.717) is 12.5 Å². The Labute approximate surface area is 79.8 Å².